The molecule has 17 heavy (non-hydrogen) atoms. The molecule has 0 saturated heterocycles. The molecule has 94 valence electrons. The Labute approximate surface area is 108 Å². The van der Waals surface area contributed by atoms with Crippen molar-refractivity contribution in [2.75, 3.05) is 19.4 Å². The second kappa shape index (κ2) is 6.92. The van der Waals surface area contributed by atoms with Gasteiger partial charge in [-0.05, 0) is 37.7 Å². The summed E-state index contributed by atoms with van der Waals surface area (Å²) in [7, 11) is 0. The van der Waals surface area contributed by atoms with Crippen LogP contribution in [0.5, 0.6) is 5.75 Å². The summed E-state index contributed by atoms with van der Waals surface area (Å²) in [5, 5.41) is 4.44. The number of benzene rings is 1. The van der Waals surface area contributed by atoms with E-state index in [-0.39, 0.29) is 0 Å². The van der Waals surface area contributed by atoms with Crippen molar-refractivity contribution >= 4 is 11.8 Å². The summed E-state index contributed by atoms with van der Waals surface area (Å²) >= 11 is 2.00. The van der Waals surface area contributed by atoms with Crippen LogP contribution in [0, 0.1) is 0 Å². The van der Waals surface area contributed by atoms with E-state index in [0.29, 0.717) is 6.04 Å². The van der Waals surface area contributed by atoms with E-state index in [9.17, 15) is 0 Å². The highest BCUT2D eigenvalue weighted by Gasteiger charge is 2.22. The van der Waals surface area contributed by atoms with Gasteiger partial charge in [-0.1, -0.05) is 18.2 Å². The van der Waals surface area contributed by atoms with Crippen molar-refractivity contribution in [3.63, 3.8) is 0 Å². The molecule has 3 heteroatoms. The molecule has 1 fully saturated rings. The summed E-state index contributed by atoms with van der Waals surface area (Å²) in [4.78, 5) is 0. The average molecular weight is 251 g/mol. The Morgan fingerprint density at radius 2 is 2.12 bits per heavy atom. The number of ether oxygens (including phenoxy) is 1. The van der Waals surface area contributed by atoms with Crippen LogP contribution in [0.1, 0.15) is 19.3 Å². The highest BCUT2D eigenvalue weighted by Crippen LogP contribution is 2.27. The lowest BCUT2D eigenvalue weighted by Crippen LogP contribution is -2.30. The first kappa shape index (κ1) is 12.8. The Kier molecular flexibility index (Phi) is 5.20. The highest BCUT2D eigenvalue weighted by molar-refractivity contribution is 7.99. The van der Waals surface area contributed by atoms with E-state index in [4.69, 9.17) is 4.74 Å². The predicted molar refractivity (Wildman–Crippen MR) is 74.9 cm³/mol. The Morgan fingerprint density at radius 3 is 2.82 bits per heavy atom. The quantitative estimate of drug-likeness (QED) is 0.786. The van der Waals surface area contributed by atoms with Gasteiger partial charge in [-0.3, -0.25) is 0 Å². The number of nitrogens with one attached hydrogen (secondary N) is 1. The summed E-state index contributed by atoms with van der Waals surface area (Å²) in [6, 6.07) is 10.7. The standard InChI is InChI=1S/C14H21NOS/c1-17-14-8-7-12(11-14)15-9-10-16-13-5-3-2-4-6-13/h2-6,12,14-15H,7-11H2,1H3. The fourth-order valence-corrected chi connectivity index (χ4v) is 3.08. The summed E-state index contributed by atoms with van der Waals surface area (Å²) in [5.41, 5.74) is 0. The van der Waals surface area contributed by atoms with Crippen molar-refractivity contribution in [1.29, 1.82) is 0 Å². The minimum Gasteiger partial charge on any atom is -0.492 e. The van der Waals surface area contributed by atoms with Crippen molar-refractivity contribution in [2.45, 2.75) is 30.6 Å². The lowest BCUT2D eigenvalue weighted by molar-refractivity contribution is 0.305. The van der Waals surface area contributed by atoms with Crippen LogP contribution >= 0.6 is 11.8 Å². The second-order valence-electron chi connectivity index (χ2n) is 4.48. The van der Waals surface area contributed by atoms with Gasteiger partial charge in [0.25, 0.3) is 0 Å². The minimum atomic E-state index is 0.701. The average Bonchev–Trinajstić information content (AvgIpc) is 2.84. The van der Waals surface area contributed by atoms with Gasteiger partial charge in [0.05, 0.1) is 0 Å². The first-order valence-corrected chi connectivity index (χ1v) is 7.61. The molecule has 0 bridgehead atoms. The van der Waals surface area contributed by atoms with Crippen LogP contribution in [0.15, 0.2) is 30.3 Å². The molecule has 2 nitrogen and oxygen atoms in total. The van der Waals surface area contributed by atoms with Gasteiger partial charge in [0.2, 0.25) is 0 Å². The molecule has 1 aromatic carbocycles. The van der Waals surface area contributed by atoms with E-state index in [0.717, 1.165) is 24.2 Å². The fourth-order valence-electron chi connectivity index (χ4n) is 2.29. The maximum atomic E-state index is 5.65. The number of hydrogen-bond donors (Lipinski definition) is 1. The van der Waals surface area contributed by atoms with Gasteiger partial charge in [-0.2, -0.15) is 11.8 Å². The highest BCUT2D eigenvalue weighted by atomic mass is 32.2. The Hall–Kier alpha value is -0.670. The normalized spacial score (nSPS) is 23.8. The van der Waals surface area contributed by atoms with E-state index < -0.39 is 0 Å². The molecule has 0 amide bonds. The molecule has 0 radical (unpaired) electrons. The smallest absolute Gasteiger partial charge is 0.119 e. The van der Waals surface area contributed by atoms with Crippen LogP contribution < -0.4 is 10.1 Å². The van der Waals surface area contributed by atoms with E-state index in [1.165, 1.54) is 19.3 Å². The van der Waals surface area contributed by atoms with E-state index >= 15 is 0 Å². The summed E-state index contributed by atoms with van der Waals surface area (Å²) in [6.07, 6.45) is 6.20. The van der Waals surface area contributed by atoms with Gasteiger partial charge in [0.15, 0.2) is 0 Å². The van der Waals surface area contributed by atoms with E-state index in [1.807, 2.05) is 42.1 Å². The Balaban J connectivity index is 1.58. The summed E-state index contributed by atoms with van der Waals surface area (Å²) in [5.74, 6) is 0.961. The molecule has 2 unspecified atom stereocenters. The van der Waals surface area contributed by atoms with Gasteiger partial charge < -0.3 is 10.1 Å². The van der Waals surface area contributed by atoms with Gasteiger partial charge in [0, 0.05) is 17.8 Å². The summed E-state index contributed by atoms with van der Waals surface area (Å²) in [6.45, 7) is 1.70. The van der Waals surface area contributed by atoms with Crippen molar-refractivity contribution < 1.29 is 4.74 Å². The SMILES string of the molecule is CSC1CCC(NCCOc2ccccc2)C1. The molecule has 1 saturated carbocycles. The van der Waals surface area contributed by atoms with Crippen molar-refractivity contribution in [2.24, 2.45) is 0 Å². The lowest BCUT2D eigenvalue weighted by atomic mass is 10.2. The fraction of sp³-hybridized carbons (Fsp3) is 0.571. The first-order valence-electron chi connectivity index (χ1n) is 6.32. The minimum absolute atomic E-state index is 0.701. The molecule has 2 atom stereocenters. The Bertz CT molecular complexity index is 317. The molecule has 0 aliphatic heterocycles. The topological polar surface area (TPSA) is 21.3 Å². The zero-order valence-electron chi connectivity index (χ0n) is 10.4. The van der Waals surface area contributed by atoms with Gasteiger partial charge in [-0.25, -0.2) is 0 Å². The van der Waals surface area contributed by atoms with Gasteiger partial charge in [0.1, 0.15) is 12.4 Å². The summed E-state index contributed by atoms with van der Waals surface area (Å²) < 4.78 is 5.65. The number of hydrogen-bond acceptors (Lipinski definition) is 3. The maximum absolute atomic E-state index is 5.65. The van der Waals surface area contributed by atoms with Crippen LogP contribution in [0.2, 0.25) is 0 Å². The first-order chi connectivity index (χ1) is 8.38. The van der Waals surface area contributed by atoms with Gasteiger partial charge >= 0.3 is 0 Å². The molecular formula is C14H21NOS. The van der Waals surface area contributed by atoms with E-state index in [1.54, 1.807) is 0 Å². The molecule has 2 rings (SSSR count). The third kappa shape index (κ3) is 4.25. The second-order valence-corrected chi connectivity index (χ2v) is 5.62. The number of rotatable bonds is 6. The van der Waals surface area contributed by atoms with Crippen molar-refractivity contribution in [3.8, 4) is 5.75 Å². The van der Waals surface area contributed by atoms with Crippen LogP contribution in [0.4, 0.5) is 0 Å². The van der Waals surface area contributed by atoms with Crippen LogP contribution in [-0.2, 0) is 0 Å². The molecule has 1 aliphatic carbocycles. The zero-order valence-corrected chi connectivity index (χ0v) is 11.2. The monoisotopic (exact) mass is 251 g/mol. The third-order valence-electron chi connectivity index (χ3n) is 3.26. The van der Waals surface area contributed by atoms with Crippen molar-refractivity contribution in [3.05, 3.63) is 30.3 Å². The lowest BCUT2D eigenvalue weighted by Gasteiger charge is -2.13. The molecule has 0 spiro atoms. The molecule has 1 N–H and O–H groups in total. The number of para-hydroxylation sites is 1. The van der Waals surface area contributed by atoms with Crippen molar-refractivity contribution in [1.82, 2.24) is 5.32 Å². The van der Waals surface area contributed by atoms with Crippen LogP contribution in [0.25, 0.3) is 0 Å². The molecule has 1 aromatic rings. The van der Waals surface area contributed by atoms with Crippen LogP contribution in [0.3, 0.4) is 0 Å². The Morgan fingerprint density at radius 1 is 1.29 bits per heavy atom. The molecular weight excluding hydrogens is 230 g/mol. The van der Waals surface area contributed by atoms with Crippen LogP contribution in [-0.4, -0.2) is 30.7 Å². The zero-order chi connectivity index (χ0) is 11.9. The van der Waals surface area contributed by atoms with E-state index in [2.05, 4.69) is 11.6 Å². The molecule has 0 aromatic heterocycles. The third-order valence-corrected chi connectivity index (χ3v) is 4.36. The maximum Gasteiger partial charge on any atom is 0.119 e. The predicted octanol–water partition coefficient (Wildman–Crippen LogP) is 2.94. The largest absolute Gasteiger partial charge is 0.492 e. The molecule has 0 heterocycles. The van der Waals surface area contributed by atoms with Gasteiger partial charge in [-0.15, -0.1) is 0 Å². The molecule has 1 aliphatic rings. The number of thioether (sulfide) groups is 1.